The maximum absolute atomic E-state index is 13.9. The van der Waals surface area contributed by atoms with E-state index in [4.69, 9.17) is 11.6 Å². The van der Waals surface area contributed by atoms with Crippen LogP contribution >= 0.6 is 11.6 Å². The van der Waals surface area contributed by atoms with Crippen molar-refractivity contribution in [3.8, 4) is 0 Å². The van der Waals surface area contributed by atoms with Crippen LogP contribution in [0.2, 0.25) is 5.02 Å². The van der Waals surface area contributed by atoms with Crippen molar-refractivity contribution in [1.82, 2.24) is 10.2 Å². The second-order valence-electron chi connectivity index (χ2n) is 9.31. The number of unbranched alkanes of at least 4 members (excludes halogenated alkanes) is 1. The molecule has 1 unspecified atom stereocenters. The summed E-state index contributed by atoms with van der Waals surface area (Å²) in [5, 5.41) is 3.43. The summed E-state index contributed by atoms with van der Waals surface area (Å²) in [5.41, 5.74) is 2.19. The molecule has 0 radical (unpaired) electrons. The van der Waals surface area contributed by atoms with Crippen molar-refractivity contribution in [2.75, 3.05) is 17.4 Å². The molecule has 0 aliphatic heterocycles. The van der Waals surface area contributed by atoms with E-state index in [0.29, 0.717) is 17.3 Å². The largest absolute Gasteiger partial charge is 0.354 e. The number of anilines is 1. The number of rotatable bonds is 13. The van der Waals surface area contributed by atoms with Crippen LogP contribution < -0.4 is 9.62 Å². The standard InChI is InChI=1S/C30H36ClN3O4S/c1-4-6-20-32-30(36)23(3)33(21-25-12-16-26(31)17-13-25)29(35)22-34(27-18-14-24(5-2)15-19-27)39(37,38)28-10-8-7-9-11-28/h7-19,23H,4-6,20-22H2,1-3H3,(H,32,36). The minimum atomic E-state index is -4.08. The predicted octanol–water partition coefficient (Wildman–Crippen LogP) is 5.43. The Morgan fingerprint density at radius 1 is 0.897 bits per heavy atom. The molecule has 0 spiro atoms. The van der Waals surface area contributed by atoms with E-state index in [1.54, 1.807) is 61.5 Å². The van der Waals surface area contributed by atoms with Crippen LogP contribution in [-0.4, -0.2) is 44.3 Å². The number of aryl methyl sites for hydroxylation is 1. The van der Waals surface area contributed by atoms with Crippen LogP contribution in [0.1, 0.15) is 44.7 Å². The highest BCUT2D eigenvalue weighted by Crippen LogP contribution is 2.25. The van der Waals surface area contributed by atoms with Crippen LogP contribution in [-0.2, 0) is 32.6 Å². The molecular weight excluding hydrogens is 534 g/mol. The average molecular weight is 570 g/mol. The molecule has 0 aromatic heterocycles. The van der Waals surface area contributed by atoms with E-state index in [1.165, 1.54) is 17.0 Å². The number of halogens is 1. The zero-order valence-electron chi connectivity index (χ0n) is 22.6. The van der Waals surface area contributed by atoms with Gasteiger partial charge in [-0.15, -0.1) is 0 Å². The van der Waals surface area contributed by atoms with E-state index in [2.05, 4.69) is 5.32 Å². The molecule has 1 atom stereocenters. The van der Waals surface area contributed by atoms with Crippen molar-refractivity contribution in [2.45, 2.75) is 57.5 Å². The molecule has 2 amide bonds. The lowest BCUT2D eigenvalue weighted by Gasteiger charge is -2.32. The van der Waals surface area contributed by atoms with E-state index < -0.39 is 28.5 Å². The Labute approximate surface area is 236 Å². The molecule has 208 valence electrons. The lowest BCUT2D eigenvalue weighted by atomic mass is 10.1. The van der Waals surface area contributed by atoms with Crippen LogP contribution in [0.15, 0.2) is 83.8 Å². The Hall–Kier alpha value is -3.36. The van der Waals surface area contributed by atoms with Gasteiger partial charge in [0.05, 0.1) is 10.6 Å². The monoisotopic (exact) mass is 569 g/mol. The highest BCUT2D eigenvalue weighted by Gasteiger charge is 2.32. The van der Waals surface area contributed by atoms with E-state index in [-0.39, 0.29) is 17.3 Å². The van der Waals surface area contributed by atoms with Crippen LogP contribution in [0.4, 0.5) is 5.69 Å². The summed E-state index contributed by atoms with van der Waals surface area (Å²) in [6.07, 6.45) is 2.54. The van der Waals surface area contributed by atoms with Gasteiger partial charge < -0.3 is 10.2 Å². The van der Waals surface area contributed by atoms with Crippen molar-refractivity contribution in [1.29, 1.82) is 0 Å². The Balaban J connectivity index is 1.98. The molecule has 0 aliphatic carbocycles. The third kappa shape index (κ3) is 8.07. The van der Waals surface area contributed by atoms with Gasteiger partial charge in [-0.05, 0) is 67.3 Å². The molecule has 0 aliphatic rings. The molecule has 7 nitrogen and oxygen atoms in total. The predicted molar refractivity (Wildman–Crippen MR) is 156 cm³/mol. The van der Waals surface area contributed by atoms with E-state index in [9.17, 15) is 18.0 Å². The fourth-order valence-corrected chi connectivity index (χ4v) is 5.61. The quantitative estimate of drug-likeness (QED) is 0.278. The van der Waals surface area contributed by atoms with Gasteiger partial charge in [0, 0.05) is 18.1 Å². The molecule has 0 bridgehead atoms. The zero-order valence-corrected chi connectivity index (χ0v) is 24.2. The number of benzene rings is 3. The summed E-state index contributed by atoms with van der Waals surface area (Å²) in [4.78, 5) is 28.4. The molecule has 3 aromatic rings. The van der Waals surface area contributed by atoms with E-state index >= 15 is 0 Å². The summed E-state index contributed by atoms with van der Waals surface area (Å²) in [6, 6.07) is 21.3. The lowest BCUT2D eigenvalue weighted by Crippen LogP contribution is -2.51. The number of nitrogens with zero attached hydrogens (tertiary/aromatic N) is 2. The normalized spacial score (nSPS) is 12.0. The summed E-state index contributed by atoms with van der Waals surface area (Å²) in [6.45, 7) is 5.84. The molecule has 1 N–H and O–H groups in total. The van der Waals surface area contributed by atoms with Crippen molar-refractivity contribution < 1.29 is 18.0 Å². The molecule has 9 heteroatoms. The molecule has 3 aromatic carbocycles. The first-order valence-corrected chi connectivity index (χ1v) is 15.0. The number of nitrogens with one attached hydrogen (secondary N) is 1. The van der Waals surface area contributed by atoms with Gasteiger partial charge in [0.1, 0.15) is 12.6 Å². The number of sulfonamides is 1. The smallest absolute Gasteiger partial charge is 0.264 e. The maximum atomic E-state index is 13.9. The third-order valence-electron chi connectivity index (χ3n) is 6.51. The molecule has 0 saturated carbocycles. The topological polar surface area (TPSA) is 86.8 Å². The van der Waals surface area contributed by atoms with Crippen LogP contribution in [0.25, 0.3) is 0 Å². The second-order valence-corrected chi connectivity index (χ2v) is 11.6. The van der Waals surface area contributed by atoms with Crippen LogP contribution in [0.5, 0.6) is 0 Å². The van der Waals surface area contributed by atoms with Gasteiger partial charge in [0.25, 0.3) is 10.0 Å². The van der Waals surface area contributed by atoms with E-state index in [0.717, 1.165) is 34.7 Å². The summed E-state index contributed by atoms with van der Waals surface area (Å²) < 4.78 is 28.7. The minimum absolute atomic E-state index is 0.0759. The third-order valence-corrected chi connectivity index (χ3v) is 8.55. The number of hydrogen-bond acceptors (Lipinski definition) is 4. The van der Waals surface area contributed by atoms with Crippen LogP contribution in [0, 0.1) is 0 Å². The van der Waals surface area contributed by atoms with Crippen molar-refractivity contribution in [3.05, 3.63) is 95.0 Å². The Kier molecular flexibility index (Phi) is 10.9. The highest BCUT2D eigenvalue weighted by molar-refractivity contribution is 7.92. The van der Waals surface area contributed by atoms with Gasteiger partial charge in [0.15, 0.2) is 0 Å². The zero-order chi connectivity index (χ0) is 28.4. The summed E-state index contributed by atoms with van der Waals surface area (Å²) in [5.74, 6) is -0.794. The first kappa shape index (κ1) is 30.2. The van der Waals surface area contributed by atoms with Crippen molar-refractivity contribution in [2.24, 2.45) is 0 Å². The number of amides is 2. The van der Waals surface area contributed by atoms with Gasteiger partial charge in [-0.3, -0.25) is 13.9 Å². The molecule has 0 heterocycles. The Bertz CT molecular complexity index is 1330. The highest BCUT2D eigenvalue weighted by atomic mass is 35.5. The van der Waals surface area contributed by atoms with Gasteiger partial charge in [-0.2, -0.15) is 0 Å². The number of hydrogen-bond donors (Lipinski definition) is 1. The van der Waals surface area contributed by atoms with Gasteiger partial charge in [-0.1, -0.05) is 74.3 Å². The summed E-state index contributed by atoms with van der Waals surface area (Å²) in [7, 11) is -4.08. The Morgan fingerprint density at radius 2 is 1.51 bits per heavy atom. The first-order chi connectivity index (χ1) is 18.7. The summed E-state index contributed by atoms with van der Waals surface area (Å²) >= 11 is 6.04. The fourth-order valence-electron chi connectivity index (χ4n) is 4.05. The van der Waals surface area contributed by atoms with E-state index in [1.807, 2.05) is 26.0 Å². The number of carbonyl (C=O) groups excluding carboxylic acids is 2. The fraction of sp³-hybridized carbons (Fsp3) is 0.333. The molecule has 0 saturated heterocycles. The van der Waals surface area contributed by atoms with Crippen molar-refractivity contribution in [3.63, 3.8) is 0 Å². The van der Waals surface area contributed by atoms with Crippen molar-refractivity contribution >= 4 is 39.1 Å². The molecule has 39 heavy (non-hydrogen) atoms. The number of carbonyl (C=O) groups is 2. The SMILES string of the molecule is CCCCNC(=O)C(C)N(Cc1ccc(Cl)cc1)C(=O)CN(c1ccc(CC)cc1)S(=O)(=O)c1ccccc1. The Morgan fingerprint density at radius 3 is 2.10 bits per heavy atom. The molecule has 3 rings (SSSR count). The average Bonchev–Trinajstić information content (AvgIpc) is 2.95. The van der Waals surface area contributed by atoms with Gasteiger partial charge >= 0.3 is 0 Å². The molecule has 0 fully saturated rings. The van der Waals surface area contributed by atoms with Gasteiger partial charge in [-0.25, -0.2) is 8.42 Å². The minimum Gasteiger partial charge on any atom is -0.354 e. The first-order valence-electron chi connectivity index (χ1n) is 13.2. The van der Waals surface area contributed by atoms with Crippen LogP contribution in [0.3, 0.4) is 0 Å². The maximum Gasteiger partial charge on any atom is 0.264 e. The molecular formula is C30H36ClN3O4S. The lowest BCUT2D eigenvalue weighted by molar-refractivity contribution is -0.139. The second kappa shape index (κ2) is 14.1. The van der Waals surface area contributed by atoms with Gasteiger partial charge in [0.2, 0.25) is 11.8 Å².